The van der Waals surface area contributed by atoms with Crippen LogP contribution >= 0.6 is 0 Å². The first-order valence-electron chi connectivity index (χ1n) is 5.34. The van der Waals surface area contributed by atoms with Crippen LogP contribution in [0.1, 0.15) is 11.1 Å². The third-order valence-electron chi connectivity index (χ3n) is 2.45. The molecule has 1 heterocycles. The zero-order valence-corrected chi connectivity index (χ0v) is 9.36. The summed E-state index contributed by atoms with van der Waals surface area (Å²) in [7, 11) is 1.69. The quantitative estimate of drug-likeness (QED) is 0.804. The first-order valence-corrected chi connectivity index (χ1v) is 5.34. The highest BCUT2D eigenvalue weighted by Crippen LogP contribution is 2.12. The predicted molar refractivity (Wildman–Crippen MR) is 64.3 cm³/mol. The lowest BCUT2D eigenvalue weighted by molar-refractivity contribution is 0.414. The summed E-state index contributed by atoms with van der Waals surface area (Å²) in [5, 5.41) is 3.38. The molecular formula is C13H16N2O. The number of benzene rings is 1. The Morgan fingerprint density at radius 2 is 2.06 bits per heavy atom. The highest BCUT2D eigenvalue weighted by molar-refractivity contribution is 5.28. The van der Waals surface area contributed by atoms with Crippen molar-refractivity contribution in [2.75, 3.05) is 7.11 Å². The molecule has 0 amide bonds. The molecule has 0 saturated carbocycles. The standard InChI is InChI=1S/C13H16N2O/c1-16-13-4-2-3-11(7-13)8-15-10-12-5-6-14-9-12/h2-7,9,14-15H,8,10H2,1H3. The maximum Gasteiger partial charge on any atom is 0.119 e. The molecule has 16 heavy (non-hydrogen) atoms. The van der Waals surface area contributed by atoms with Gasteiger partial charge in [-0.05, 0) is 29.3 Å². The molecule has 2 aromatic rings. The largest absolute Gasteiger partial charge is 0.497 e. The van der Waals surface area contributed by atoms with E-state index in [0.29, 0.717) is 0 Å². The molecule has 1 aromatic carbocycles. The van der Waals surface area contributed by atoms with E-state index in [9.17, 15) is 0 Å². The van der Waals surface area contributed by atoms with Crippen LogP contribution in [0.5, 0.6) is 5.75 Å². The number of hydrogen-bond donors (Lipinski definition) is 2. The highest BCUT2D eigenvalue weighted by atomic mass is 16.5. The predicted octanol–water partition coefficient (Wildman–Crippen LogP) is 2.31. The maximum atomic E-state index is 5.17. The van der Waals surface area contributed by atoms with Gasteiger partial charge in [0.1, 0.15) is 5.75 Å². The molecule has 0 aliphatic rings. The van der Waals surface area contributed by atoms with Gasteiger partial charge in [0.05, 0.1) is 7.11 Å². The van der Waals surface area contributed by atoms with Crippen molar-refractivity contribution in [1.29, 1.82) is 0 Å². The van der Waals surface area contributed by atoms with Gasteiger partial charge in [0.15, 0.2) is 0 Å². The number of nitrogens with one attached hydrogen (secondary N) is 2. The Hall–Kier alpha value is -1.74. The van der Waals surface area contributed by atoms with E-state index < -0.39 is 0 Å². The van der Waals surface area contributed by atoms with Gasteiger partial charge in [0, 0.05) is 25.5 Å². The van der Waals surface area contributed by atoms with E-state index in [0.717, 1.165) is 18.8 Å². The molecule has 0 saturated heterocycles. The molecule has 2 N–H and O–H groups in total. The molecule has 0 atom stereocenters. The van der Waals surface area contributed by atoms with Gasteiger partial charge in [-0.25, -0.2) is 0 Å². The Bertz CT molecular complexity index is 423. The SMILES string of the molecule is COc1cccc(CNCc2cc[nH]c2)c1. The van der Waals surface area contributed by atoms with Crippen molar-refractivity contribution in [3.63, 3.8) is 0 Å². The van der Waals surface area contributed by atoms with Crippen LogP contribution < -0.4 is 10.1 Å². The molecule has 2 rings (SSSR count). The van der Waals surface area contributed by atoms with Crippen molar-refractivity contribution >= 4 is 0 Å². The van der Waals surface area contributed by atoms with Crippen LogP contribution in [0, 0.1) is 0 Å². The Morgan fingerprint density at radius 1 is 1.19 bits per heavy atom. The summed E-state index contributed by atoms with van der Waals surface area (Å²) in [4.78, 5) is 3.04. The summed E-state index contributed by atoms with van der Waals surface area (Å²) in [6.45, 7) is 1.73. The minimum Gasteiger partial charge on any atom is -0.497 e. The third-order valence-corrected chi connectivity index (χ3v) is 2.45. The first kappa shape index (κ1) is 10.8. The number of aromatic amines is 1. The van der Waals surface area contributed by atoms with Crippen LogP contribution in [-0.4, -0.2) is 12.1 Å². The highest BCUT2D eigenvalue weighted by Gasteiger charge is 1.96. The van der Waals surface area contributed by atoms with Crippen molar-refractivity contribution < 1.29 is 4.74 Å². The Morgan fingerprint density at radius 3 is 2.81 bits per heavy atom. The van der Waals surface area contributed by atoms with Crippen LogP contribution in [0.3, 0.4) is 0 Å². The van der Waals surface area contributed by atoms with Crippen molar-refractivity contribution in [3.05, 3.63) is 53.9 Å². The second-order valence-electron chi connectivity index (χ2n) is 3.67. The first-order chi connectivity index (χ1) is 7.88. The number of aromatic nitrogens is 1. The molecule has 0 aliphatic carbocycles. The van der Waals surface area contributed by atoms with Crippen molar-refractivity contribution in [2.24, 2.45) is 0 Å². The lowest BCUT2D eigenvalue weighted by Crippen LogP contribution is -2.12. The van der Waals surface area contributed by atoms with E-state index >= 15 is 0 Å². The molecule has 84 valence electrons. The van der Waals surface area contributed by atoms with E-state index in [1.54, 1.807) is 7.11 Å². The summed E-state index contributed by atoms with van der Waals surface area (Å²) >= 11 is 0. The minimum atomic E-state index is 0.850. The van der Waals surface area contributed by atoms with Gasteiger partial charge in [0.25, 0.3) is 0 Å². The average Bonchev–Trinajstić information content (AvgIpc) is 2.82. The van der Waals surface area contributed by atoms with Gasteiger partial charge in [0.2, 0.25) is 0 Å². The number of hydrogen-bond acceptors (Lipinski definition) is 2. The van der Waals surface area contributed by atoms with E-state index in [2.05, 4.69) is 22.4 Å². The molecule has 0 radical (unpaired) electrons. The van der Waals surface area contributed by atoms with Crippen LogP contribution in [0.4, 0.5) is 0 Å². The summed E-state index contributed by atoms with van der Waals surface area (Å²) in [5.41, 5.74) is 2.50. The fraction of sp³-hybridized carbons (Fsp3) is 0.231. The molecular weight excluding hydrogens is 200 g/mol. The Balaban J connectivity index is 1.85. The normalized spacial score (nSPS) is 10.3. The van der Waals surface area contributed by atoms with Crippen molar-refractivity contribution in [2.45, 2.75) is 13.1 Å². The topological polar surface area (TPSA) is 37.0 Å². The summed E-state index contributed by atoms with van der Waals surface area (Å²) in [6, 6.07) is 10.2. The third kappa shape index (κ3) is 2.87. The zero-order valence-electron chi connectivity index (χ0n) is 9.36. The van der Waals surface area contributed by atoms with Crippen LogP contribution in [0.15, 0.2) is 42.7 Å². The second kappa shape index (κ2) is 5.37. The number of ether oxygens (including phenoxy) is 1. The summed E-state index contributed by atoms with van der Waals surface area (Å²) in [5.74, 6) is 0.904. The number of methoxy groups -OCH3 is 1. The molecule has 0 spiro atoms. The fourth-order valence-corrected chi connectivity index (χ4v) is 1.60. The summed E-state index contributed by atoms with van der Waals surface area (Å²) < 4.78 is 5.17. The van der Waals surface area contributed by atoms with Gasteiger partial charge >= 0.3 is 0 Å². The molecule has 0 bridgehead atoms. The van der Waals surface area contributed by atoms with Crippen LogP contribution in [0.25, 0.3) is 0 Å². The van der Waals surface area contributed by atoms with Crippen molar-refractivity contribution in [3.8, 4) is 5.75 Å². The molecule has 0 fully saturated rings. The van der Waals surface area contributed by atoms with E-state index in [4.69, 9.17) is 4.74 Å². The molecule has 3 heteroatoms. The number of H-pyrrole nitrogens is 1. The summed E-state index contributed by atoms with van der Waals surface area (Å²) in [6.07, 6.45) is 3.93. The van der Waals surface area contributed by atoms with E-state index in [1.807, 2.05) is 30.6 Å². The lowest BCUT2D eigenvalue weighted by atomic mass is 10.2. The van der Waals surface area contributed by atoms with Gasteiger partial charge < -0.3 is 15.0 Å². The molecule has 1 aromatic heterocycles. The lowest BCUT2D eigenvalue weighted by Gasteiger charge is -2.05. The molecule has 0 unspecified atom stereocenters. The van der Waals surface area contributed by atoms with Gasteiger partial charge in [-0.3, -0.25) is 0 Å². The van der Waals surface area contributed by atoms with Gasteiger partial charge in [-0.15, -0.1) is 0 Å². The van der Waals surface area contributed by atoms with Gasteiger partial charge in [-0.1, -0.05) is 12.1 Å². The van der Waals surface area contributed by atoms with Gasteiger partial charge in [-0.2, -0.15) is 0 Å². The van der Waals surface area contributed by atoms with E-state index in [1.165, 1.54) is 11.1 Å². The zero-order chi connectivity index (χ0) is 11.2. The average molecular weight is 216 g/mol. The molecule has 0 aliphatic heterocycles. The monoisotopic (exact) mass is 216 g/mol. The Kier molecular flexibility index (Phi) is 3.62. The second-order valence-corrected chi connectivity index (χ2v) is 3.67. The van der Waals surface area contributed by atoms with E-state index in [-0.39, 0.29) is 0 Å². The smallest absolute Gasteiger partial charge is 0.119 e. The fourth-order valence-electron chi connectivity index (χ4n) is 1.60. The Labute approximate surface area is 95.5 Å². The molecule has 3 nitrogen and oxygen atoms in total. The van der Waals surface area contributed by atoms with Crippen molar-refractivity contribution in [1.82, 2.24) is 10.3 Å². The maximum absolute atomic E-state index is 5.17. The van der Waals surface area contributed by atoms with Crippen LogP contribution in [0.2, 0.25) is 0 Å². The van der Waals surface area contributed by atoms with Crippen LogP contribution in [-0.2, 0) is 13.1 Å². The minimum absolute atomic E-state index is 0.850. The number of rotatable bonds is 5.